The van der Waals surface area contributed by atoms with Crippen molar-refractivity contribution in [2.24, 2.45) is 17.8 Å². The molecule has 1 saturated carbocycles. The van der Waals surface area contributed by atoms with Crippen LogP contribution < -0.4 is 0 Å². The lowest BCUT2D eigenvalue weighted by molar-refractivity contribution is -0.490. The Labute approximate surface area is 160 Å². The van der Waals surface area contributed by atoms with Crippen LogP contribution >= 0.6 is 11.6 Å². The quantitative estimate of drug-likeness (QED) is 0.324. The largest absolute Gasteiger partial charge is 0.461 e. The van der Waals surface area contributed by atoms with E-state index in [4.69, 9.17) is 16.3 Å². The predicted molar refractivity (Wildman–Crippen MR) is 98.8 cm³/mol. The summed E-state index contributed by atoms with van der Waals surface area (Å²) in [6.07, 6.45) is 0.108. The highest BCUT2D eigenvalue weighted by molar-refractivity contribution is 6.30. The van der Waals surface area contributed by atoms with Crippen molar-refractivity contribution in [2.45, 2.75) is 26.4 Å². The molecule has 1 fully saturated rings. The molecule has 1 aromatic carbocycles. The zero-order valence-electron chi connectivity index (χ0n) is 14.8. The minimum absolute atomic E-state index is 0.0636. The lowest BCUT2D eigenvalue weighted by atomic mass is 9.88. The molecule has 2 aromatic rings. The highest BCUT2D eigenvalue weighted by Gasteiger charge is 2.44. The van der Waals surface area contributed by atoms with E-state index in [1.807, 2.05) is 24.3 Å². The van der Waals surface area contributed by atoms with Crippen molar-refractivity contribution in [1.29, 1.82) is 0 Å². The number of carbonyl (C=O) groups is 2. The molecule has 7 nitrogen and oxygen atoms in total. The fraction of sp³-hybridized carbons (Fsp3) is 0.421. The van der Waals surface area contributed by atoms with E-state index in [-0.39, 0.29) is 42.8 Å². The van der Waals surface area contributed by atoms with Gasteiger partial charge in [-0.2, -0.15) is 0 Å². The van der Waals surface area contributed by atoms with Crippen LogP contribution in [0.5, 0.6) is 0 Å². The maximum atomic E-state index is 12.2. The molecular weight excluding hydrogens is 372 g/mol. The first-order valence-electron chi connectivity index (χ1n) is 8.69. The van der Waals surface area contributed by atoms with E-state index in [1.165, 1.54) is 0 Å². The third kappa shape index (κ3) is 4.42. The first kappa shape index (κ1) is 19.2. The van der Waals surface area contributed by atoms with E-state index in [2.05, 4.69) is 4.98 Å². The van der Waals surface area contributed by atoms with Gasteiger partial charge in [-0.15, -0.1) is 0 Å². The van der Waals surface area contributed by atoms with Gasteiger partial charge in [0.05, 0.1) is 11.9 Å². The Kier molecular flexibility index (Phi) is 5.70. The van der Waals surface area contributed by atoms with Gasteiger partial charge in [-0.25, -0.2) is 4.98 Å². The van der Waals surface area contributed by atoms with Crippen LogP contribution in [0.15, 0.2) is 30.3 Å². The molecule has 0 radical (unpaired) electrons. The normalized spacial score (nSPS) is 22.1. The average Bonchev–Trinajstić information content (AvgIpc) is 2.86. The molecule has 1 aromatic heterocycles. The highest BCUT2D eigenvalue weighted by Crippen LogP contribution is 2.36. The van der Waals surface area contributed by atoms with E-state index >= 15 is 0 Å². The average molecular weight is 391 g/mol. The number of fused-ring (bicyclic) bond motifs is 1. The second-order valence-corrected chi connectivity index (χ2v) is 7.29. The molecule has 1 aliphatic carbocycles. The van der Waals surface area contributed by atoms with Crippen molar-refractivity contribution in [1.82, 2.24) is 4.98 Å². The van der Waals surface area contributed by atoms with Crippen molar-refractivity contribution in [3.8, 4) is 0 Å². The zero-order valence-corrected chi connectivity index (χ0v) is 15.5. The summed E-state index contributed by atoms with van der Waals surface area (Å²) in [6, 6.07) is 9.24. The Morgan fingerprint density at radius 2 is 2.15 bits per heavy atom. The highest BCUT2D eigenvalue weighted by atomic mass is 35.5. The molecular formula is C19H19ClN2O5. The van der Waals surface area contributed by atoms with Gasteiger partial charge in [-0.05, 0) is 18.1 Å². The molecule has 142 valence electrons. The van der Waals surface area contributed by atoms with E-state index in [0.29, 0.717) is 5.56 Å². The number of hydrogen-bond acceptors (Lipinski definition) is 6. The molecule has 0 bridgehead atoms. The number of hydrogen-bond donors (Lipinski definition) is 0. The zero-order chi connectivity index (χ0) is 19.6. The molecule has 1 aliphatic rings. The fourth-order valence-corrected chi connectivity index (χ4v) is 3.83. The summed E-state index contributed by atoms with van der Waals surface area (Å²) < 4.78 is 5.27. The summed E-state index contributed by atoms with van der Waals surface area (Å²) in [7, 11) is 0. The standard InChI is InChI=1S/C19H19ClN2O5/c1-11-6-17(23)14(15(11)9-22(25)26)8-18(24)27-10-13-7-12-4-2-3-5-16(12)21-19(13)20/h2-5,7,11,14-15H,6,8-10H2,1H3/t11-,14-,15-/m1/s1. The molecule has 3 atom stereocenters. The number of aromatic nitrogens is 1. The second-order valence-electron chi connectivity index (χ2n) is 6.93. The molecule has 0 amide bonds. The summed E-state index contributed by atoms with van der Waals surface area (Å²) >= 11 is 6.15. The van der Waals surface area contributed by atoms with Crippen LogP contribution in [-0.2, 0) is 20.9 Å². The third-order valence-corrected chi connectivity index (χ3v) is 5.40. The number of ether oxygens (including phenoxy) is 1. The van der Waals surface area contributed by atoms with Gasteiger partial charge in [-0.1, -0.05) is 36.7 Å². The third-order valence-electron chi connectivity index (χ3n) is 5.07. The summed E-state index contributed by atoms with van der Waals surface area (Å²) in [5, 5.41) is 12.0. The maximum Gasteiger partial charge on any atom is 0.306 e. The smallest absolute Gasteiger partial charge is 0.306 e. The van der Waals surface area contributed by atoms with Crippen molar-refractivity contribution in [2.75, 3.05) is 6.54 Å². The number of pyridine rings is 1. The number of Topliss-reactive ketones (excluding diaryl/α,β-unsaturated/α-hetero) is 1. The van der Waals surface area contributed by atoms with Gasteiger partial charge in [0.25, 0.3) is 0 Å². The van der Waals surface area contributed by atoms with Gasteiger partial charge in [0.2, 0.25) is 6.54 Å². The monoisotopic (exact) mass is 390 g/mol. The van der Waals surface area contributed by atoms with Crippen LogP contribution in [0.25, 0.3) is 10.9 Å². The van der Waals surface area contributed by atoms with E-state index < -0.39 is 22.7 Å². The summed E-state index contributed by atoms with van der Waals surface area (Å²) in [5.74, 6) is -1.90. The molecule has 0 unspecified atom stereocenters. The Hall–Kier alpha value is -2.54. The number of esters is 1. The van der Waals surface area contributed by atoms with Crippen LogP contribution in [-0.4, -0.2) is 28.2 Å². The minimum Gasteiger partial charge on any atom is -0.461 e. The lowest BCUT2D eigenvalue weighted by Gasteiger charge is -2.17. The summed E-state index contributed by atoms with van der Waals surface area (Å²) in [5.41, 5.74) is 1.31. The molecule has 27 heavy (non-hydrogen) atoms. The van der Waals surface area contributed by atoms with Crippen LogP contribution in [0.4, 0.5) is 0 Å². The van der Waals surface area contributed by atoms with Crippen LogP contribution in [0, 0.1) is 27.9 Å². The van der Waals surface area contributed by atoms with Gasteiger partial charge in [-0.3, -0.25) is 19.7 Å². The van der Waals surface area contributed by atoms with Crippen molar-refractivity contribution < 1.29 is 19.2 Å². The number of rotatable bonds is 6. The van der Waals surface area contributed by atoms with Gasteiger partial charge < -0.3 is 4.74 Å². The van der Waals surface area contributed by atoms with Crippen molar-refractivity contribution in [3.05, 3.63) is 51.2 Å². The molecule has 0 saturated heterocycles. The summed E-state index contributed by atoms with van der Waals surface area (Å²) in [6.45, 7) is 1.43. The number of carbonyl (C=O) groups excluding carboxylic acids is 2. The lowest BCUT2D eigenvalue weighted by Crippen LogP contribution is -2.27. The Bertz CT molecular complexity index is 901. The van der Waals surface area contributed by atoms with Gasteiger partial charge in [0.15, 0.2) is 0 Å². The van der Waals surface area contributed by atoms with Crippen molar-refractivity contribution >= 4 is 34.3 Å². The maximum absolute atomic E-state index is 12.2. The summed E-state index contributed by atoms with van der Waals surface area (Å²) in [4.78, 5) is 39.0. The Balaban J connectivity index is 1.65. The molecule has 0 aliphatic heterocycles. The SMILES string of the molecule is C[C@@H]1CC(=O)[C@H](CC(=O)OCc2cc3ccccc3nc2Cl)[C@@H]1C[N+](=O)[O-]. The number of ketones is 1. The first-order chi connectivity index (χ1) is 12.8. The number of para-hydroxylation sites is 1. The molecule has 8 heteroatoms. The van der Waals surface area contributed by atoms with Crippen LogP contribution in [0.3, 0.4) is 0 Å². The van der Waals surface area contributed by atoms with Gasteiger partial charge in [0, 0.05) is 34.1 Å². The molecule has 1 heterocycles. The Morgan fingerprint density at radius 1 is 1.41 bits per heavy atom. The number of nitrogens with zero attached hydrogens (tertiary/aromatic N) is 2. The Morgan fingerprint density at radius 3 is 2.89 bits per heavy atom. The molecule has 3 rings (SSSR count). The fourth-order valence-electron chi connectivity index (χ4n) is 3.63. The van der Waals surface area contributed by atoms with Crippen LogP contribution in [0.1, 0.15) is 25.3 Å². The predicted octanol–water partition coefficient (Wildman–Crippen LogP) is 3.44. The van der Waals surface area contributed by atoms with Crippen LogP contribution in [0.2, 0.25) is 5.15 Å². The topological polar surface area (TPSA) is 99.4 Å². The number of halogens is 1. The van der Waals surface area contributed by atoms with Gasteiger partial charge in [0.1, 0.15) is 17.5 Å². The van der Waals surface area contributed by atoms with E-state index in [1.54, 1.807) is 13.0 Å². The molecule has 0 spiro atoms. The van der Waals surface area contributed by atoms with E-state index in [0.717, 1.165) is 10.9 Å². The number of benzene rings is 1. The second kappa shape index (κ2) is 8.00. The number of nitro groups is 1. The first-order valence-corrected chi connectivity index (χ1v) is 9.07. The van der Waals surface area contributed by atoms with Gasteiger partial charge >= 0.3 is 5.97 Å². The van der Waals surface area contributed by atoms with E-state index in [9.17, 15) is 19.7 Å². The molecule has 0 N–H and O–H groups in total. The minimum atomic E-state index is -0.664. The van der Waals surface area contributed by atoms with Crippen molar-refractivity contribution in [3.63, 3.8) is 0 Å².